The van der Waals surface area contributed by atoms with Crippen molar-refractivity contribution in [3.8, 4) is 11.3 Å². The maximum Gasteiger partial charge on any atom is 0.271 e. The third kappa shape index (κ3) is 5.55. The number of rotatable bonds is 7. The summed E-state index contributed by atoms with van der Waals surface area (Å²) in [6, 6.07) is 12.0. The molecule has 0 radical (unpaired) electrons. The average Bonchev–Trinajstić information content (AvgIpc) is 2.91. The number of primary amides is 1. The Balaban J connectivity index is 1.45. The first-order valence-electron chi connectivity index (χ1n) is 12.3. The Hall–Kier alpha value is -3.76. The minimum atomic E-state index is -0.646. The highest BCUT2D eigenvalue weighted by atomic mass is 16.5. The highest BCUT2D eigenvalue weighted by Crippen LogP contribution is 2.30. The van der Waals surface area contributed by atoms with Gasteiger partial charge in [-0.05, 0) is 56.3 Å². The first-order valence-corrected chi connectivity index (χ1v) is 12.3. The Labute approximate surface area is 210 Å². The molecule has 0 saturated carbocycles. The first kappa shape index (κ1) is 24.0. The van der Waals surface area contributed by atoms with Gasteiger partial charge in [0.25, 0.3) is 5.91 Å². The van der Waals surface area contributed by atoms with Crippen molar-refractivity contribution in [2.45, 2.75) is 18.9 Å². The van der Waals surface area contributed by atoms with Gasteiger partial charge in [0.05, 0.1) is 0 Å². The molecule has 2 fully saturated rings. The Kier molecular flexibility index (Phi) is 7.24. The van der Waals surface area contributed by atoms with Gasteiger partial charge in [-0.1, -0.05) is 0 Å². The fourth-order valence-corrected chi connectivity index (χ4v) is 4.50. The van der Waals surface area contributed by atoms with Gasteiger partial charge in [-0.3, -0.25) is 9.78 Å². The number of nitrogens with two attached hydrogens (primary N) is 1. The fourth-order valence-electron chi connectivity index (χ4n) is 4.50. The monoisotopic (exact) mass is 488 g/mol. The minimum Gasteiger partial charge on any atom is -0.381 e. The summed E-state index contributed by atoms with van der Waals surface area (Å²) in [6.45, 7) is 5.48. The number of benzene rings is 1. The maximum atomic E-state index is 12.4. The zero-order valence-electron chi connectivity index (χ0n) is 20.5. The third-order valence-corrected chi connectivity index (χ3v) is 6.64. The lowest BCUT2D eigenvalue weighted by Crippen LogP contribution is -2.44. The Morgan fingerprint density at radius 1 is 0.972 bits per heavy atom. The van der Waals surface area contributed by atoms with Crippen LogP contribution in [0, 0.1) is 0 Å². The molecule has 4 heterocycles. The predicted molar refractivity (Wildman–Crippen MR) is 141 cm³/mol. The molecule has 10 heteroatoms. The van der Waals surface area contributed by atoms with Crippen LogP contribution in [0.3, 0.4) is 0 Å². The van der Waals surface area contributed by atoms with E-state index in [1.807, 2.05) is 24.3 Å². The minimum absolute atomic E-state index is 0.0856. The number of likely N-dealkylation sites (N-methyl/N-ethyl adjacent to an activating group) is 1. The number of carbonyl (C=O) groups is 1. The number of hydrogen-bond acceptors (Lipinski definition) is 9. The van der Waals surface area contributed by atoms with Gasteiger partial charge in [0.15, 0.2) is 17.3 Å². The molecule has 36 heavy (non-hydrogen) atoms. The average molecular weight is 489 g/mol. The van der Waals surface area contributed by atoms with Crippen LogP contribution in [0.2, 0.25) is 0 Å². The van der Waals surface area contributed by atoms with Gasteiger partial charge in [-0.25, -0.2) is 9.97 Å². The molecule has 10 nitrogen and oxygen atoms in total. The molecular weight excluding hydrogens is 456 g/mol. The van der Waals surface area contributed by atoms with Crippen molar-refractivity contribution in [3.63, 3.8) is 0 Å². The number of nitrogens with zero attached hydrogens (tertiary/aromatic N) is 5. The molecule has 2 aliphatic heterocycles. The smallest absolute Gasteiger partial charge is 0.271 e. The van der Waals surface area contributed by atoms with E-state index < -0.39 is 5.91 Å². The topological polar surface area (TPSA) is 122 Å². The predicted octanol–water partition coefficient (Wildman–Crippen LogP) is 2.72. The van der Waals surface area contributed by atoms with Crippen LogP contribution < -0.4 is 21.3 Å². The second-order valence-corrected chi connectivity index (χ2v) is 9.21. The van der Waals surface area contributed by atoms with Gasteiger partial charge in [-0.15, -0.1) is 0 Å². The summed E-state index contributed by atoms with van der Waals surface area (Å²) in [6.07, 6.45) is 5.11. The van der Waals surface area contributed by atoms with Crippen LogP contribution in [-0.4, -0.2) is 78.2 Å². The van der Waals surface area contributed by atoms with Gasteiger partial charge >= 0.3 is 0 Å². The van der Waals surface area contributed by atoms with Gasteiger partial charge in [0.1, 0.15) is 5.69 Å². The van der Waals surface area contributed by atoms with E-state index >= 15 is 0 Å². The molecule has 0 atom stereocenters. The SMILES string of the molecule is CN1CCN(c2ccc(Nc3nc(NC4CCOCC4)c(-c4ccncc4)nc3C(N)=O)cc2)CC1. The van der Waals surface area contributed by atoms with Crippen LogP contribution in [0.15, 0.2) is 48.8 Å². The van der Waals surface area contributed by atoms with Crippen molar-refractivity contribution < 1.29 is 9.53 Å². The molecule has 0 aliphatic carbocycles. The number of amides is 1. The lowest BCUT2D eigenvalue weighted by atomic mass is 10.1. The van der Waals surface area contributed by atoms with E-state index in [2.05, 4.69) is 49.6 Å². The number of carbonyl (C=O) groups excluding carboxylic acids is 1. The molecule has 188 valence electrons. The number of anilines is 4. The van der Waals surface area contributed by atoms with Gasteiger partial charge in [-0.2, -0.15) is 0 Å². The van der Waals surface area contributed by atoms with Crippen LogP contribution in [0.5, 0.6) is 0 Å². The number of hydrogen-bond donors (Lipinski definition) is 3. The molecule has 2 saturated heterocycles. The second-order valence-electron chi connectivity index (χ2n) is 9.21. The summed E-state index contributed by atoms with van der Waals surface area (Å²) in [4.78, 5) is 30.7. The zero-order valence-corrected chi connectivity index (χ0v) is 20.5. The first-order chi connectivity index (χ1) is 17.6. The van der Waals surface area contributed by atoms with Crippen LogP contribution in [-0.2, 0) is 4.74 Å². The van der Waals surface area contributed by atoms with E-state index in [0.29, 0.717) is 30.5 Å². The number of aromatic nitrogens is 3. The zero-order chi connectivity index (χ0) is 24.9. The summed E-state index contributed by atoms with van der Waals surface area (Å²) in [5, 5.41) is 6.79. The number of piperazine rings is 1. The quantitative estimate of drug-likeness (QED) is 0.461. The largest absolute Gasteiger partial charge is 0.381 e. The lowest BCUT2D eigenvalue weighted by Gasteiger charge is -2.34. The molecule has 0 unspecified atom stereocenters. The van der Waals surface area contributed by atoms with Gasteiger partial charge in [0.2, 0.25) is 0 Å². The van der Waals surface area contributed by atoms with Crippen molar-refractivity contribution in [3.05, 3.63) is 54.5 Å². The summed E-state index contributed by atoms with van der Waals surface area (Å²) in [5.41, 5.74) is 9.17. The van der Waals surface area contributed by atoms with Crippen molar-refractivity contribution >= 4 is 28.9 Å². The van der Waals surface area contributed by atoms with E-state index in [9.17, 15) is 4.79 Å². The van der Waals surface area contributed by atoms with E-state index in [1.165, 1.54) is 5.69 Å². The molecule has 1 amide bonds. The summed E-state index contributed by atoms with van der Waals surface area (Å²) in [7, 11) is 2.15. The number of ether oxygens (including phenoxy) is 1. The molecule has 1 aromatic carbocycles. The maximum absolute atomic E-state index is 12.4. The van der Waals surface area contributed by atoms with Crippen LogP contribution >= 0.6 is 0 Å². The summed E-state index contributed by atoms with van der Waals surface area (Å²) >= 11 is 0. The van der Waals surface area contributed by atoms with Crippen LogP contribution in [0.4, 0.5) is 23.0 Å². The van der Waals surface area contributed by atoms with E-state index in [0.717, 1.165) is 50.3 Å². The van der Waals surface area contributed by atoms with E-state index in [-0.39, 0.29) is 11.7 Å². The van der Waals surface area contributed by atoms with E-state index in [4.69, 9.17) is 15.5 Å². The van der Waals surface area contributed by atoms with E-state index in [1.54, 1.807) is 12.4 Å². The highest BCUT2D eigenvalue weighted by molar-refractivity contribution is 5.97. The van der Waals surface area contributed by atoms with Crippen LogP contribution in [0.1, 0.15) is 23.3 Å². The van der Waals surface area contributed by atoms with Crippen LogP contribution in [0.25, 0.3) is 11.3 Å². The Bertz CT molecular complexity index is 1170. The molecule has 2 aliphatic rings. The summed E-state index contributed by atoms with van der Waals surface area (Å²) < 4.78 is 5.50. The van der Waals surface area contributed by atoms with Crippen molar-refractivity contribution in [1.82, 2.24) is 19.9 Å². The van der Waals surface area contributed by atoms with Crippen molar-refractivity contribution in [1.29, 1.82) is 0 Å². The normalized spacial score (nSPS) is 17.1. The summed E-state index contributed by atoms with van der Waals surface area (Å²) in [5.74, 6) is 0.267. The van der Waals surface area contributed by atoms with Gasteiger partial charge < -0.3 is 30.9 Å². The Morgan fingerprint density at radius 3 is 2.33 bits per heavy atom. The third-order valence-electron chi connectivity index (χ3n) is 6.64. The molecule has 2 aromatic heterocycles. The molecule has 3 aromatic rings. The Morgan fingerprint density at radius 2 is 1.67 bits per heavy atom. The highest BCUT2D eigenvalue weighted by Gasteiger charge is 2.22. The molecule has 4 N–H and O–H groups in total. The fraction of sp³-hybridized carbons (Fsp3) is 0.385. The molecule has 0 spiro atoms. The lowest BCUT2D eigenvalue weighted by molar-refractivity contribution is 0.0904. The van der Waals surface area contributed by atoms with Crippen molar-refractivity contribution in [2.75, 3.05) is 62.0 Å². The standard InChI is InChI=1S/C26H32N8O2/c1-33-12-14-34(15-13-33)21-4-2-19(3-5-21)29-26-23(24(27)35)31-22(18-6-10-28-11-7-18)25(32-26)30-20-8-16-36-17-9-20/h2-7,10-11,20H,8-9,12-17H2,1H3,(H2,27,35)(H2,29,30,32). The number of pyridine rings is 1. The second kappa shape index (κ2) is 10.9. The molecule has 5 rings (SSSR count). The molecule has 0 bridgehead atoms. The van der Waals surface area contributed by atoms with Gasteiger partial charge in [0, 0.05) is 74.8 Å². The number of nitrogens with one attached hydrogen (secondary N) is 2. The van der Waals surface area contributed by atoms with Crippen molar-refractivity contribution in [2.24, 2.45) is 5.73 Å². The molecular formula is C26H32N8O2.